The maximum Gasteiger partial charge on any atom is 0.280 e. The standard InChI is InChI=1S/C16H20N2O3S/c1-3-8-18(9-4-2)10-13(19)17-15-14(16(20)21)11-6-5-7-12(11)22-15/h3-4H,1-2,5-10H2,(H,17,19)(H,20,21). The number of aryl methyl sites for hydroxylation is 1. The number of nitrogens with one attached hydrogen (secondary N) is 2. The smallest absolute Gasteiger partial charge is 0.280 e. The molecule has 0 fully saturated rings. The number of hydrogen-bond donors (Lipinski definition) is 2. The summed E-state index contributed by atoms with van der Waals surface area (Å²) in [5.74, 6) is -1.42. The lowest BCUT2D eigenvalue weighted by molar-refractivity contribution is -0.879. The number of carbonyl (C=O) groups excluding carboxylic acids is 2. The predicted octanol–water partition coefficient (Wildman–Crippen LogP) is -0.204. The summed E-state index contributed by atoms with van der Waals surface area (Å²) < 4.78 is 0. The van der Waals surface area contributed by atoms with Crippen LogP contribution < -0.4 is 15.3 Å². The number of quaternary nitrogens is 1. The second-order valence-corrected chi connectivity index (χ2v) is 6.41. The lowest BCUT2D eigenvalue weighted by atomic mass is 10.1. The molecule has 22 heavy (non-hydrogen) atoms. The van der Waals surface area contributed by atoms with Crippen molar-refractivity contribution in [1.82, 2.24) is 0 Å². The Labute approximate surface area is 133 Å². The van der Waals surface area contributed by atoms with Gasteiger partial charge >= 0.3 is 0 Å². The van der Waals surface area contributed by atoms with Crippen molar-refractivity contribution in [3.05, 3.63) is 41.3 Å². The van der Waals surface area contributed by atoms with Crippen molar-refractivity contribution < 1.29 is 19.6 Å². The fourth-order valence-corrected chi connectivity index (χ4v) is 4.04. The summed E-state index contributed by atoms with van der Waals surface area (Å²) >= 11 is 1.36. The Kier molecular flexibility index (Phi) is 5.51. The van der Waals surface area contributed by atoms with E-state index >= 15 is 0 Å². The van der Waals surface area contributed by atoms with Crippen molar-refractivity contribution >= 4 is 28.2 Å². The van der Waals surface area contributed by atoms with Crippen LogP contribution in [0, 0.1) is 0 Å². The summed E-state index contributed by atoms with van der Waals surface area (Å²) in [6.07, 6.45) is 6.08. The zero-order valence-corrected chi connectivity index (χ0v) is 13.3. The van der Waals surface area contributed by atoms with Crippen LogP contribution in [0.1, 0.15) is 27.2 Å². The van der Waals surface area contributed by atoms with Crippen molar-refractivity contribution in [2.75, 3.05) is 25.0 Å². The van der Waals surface area contributed by atoms with Gasteiger partial charge in [0, 0.05) is 10.4 Å². The maximum atomic E-state index is 12.2. The topological polar surface area (TPSA) is 73.7 Å². The van der Waals surface area contributed by atoms with Crippen LogP contribution in [0.15, 0.2) is 25.3 Å². The summed E-state index contributed by atoms with van der Waals surface area (Å²) in [6.45, 7) is 8.88. The van der Waals surface area contributed by atoms with E-state index < -0.39 is 5.97 Å². The minimum atomic E-state index is -1.21. The molecule has 1 aliphatic rings. The van der Waals surface area contributed by atoms with E-state index in [1.165, 1.54) is 11.3 Å². The van der Waals surface area contributed by atoms with Gasteiger partial charge in [0.05, 0.1) is 19.1 Å². The summed E-state index contributed by atoms with van der Waals surface area (Å²) in [6, 6.07) is 0. The number of thiophene rings is 1. The Balaban J connectivity index is 2.10. The molecule has 0 spiro atoms. The van der Waals surface area contributed by atoms with E-state index in [-0.39, 0.29) is 18.0 Å². The first-order chi connectivity index (χ1) is 10.6. The van der Waals surface area contributed by atoms with E-state index in [1.54, 1.807) is 12.2 Å². The number of amides is 1. The molecular weight excluding hydrogens is 300 g/mol. The number of hydrogen-bond acceptors (Lipinski definition) is 4. The monoisotopic (exact) mass is 320 g/mol. The van der Waals surface area contributed by atoms with Gasteiger partial charge in [0.2, 0.25) is 0 Å². The van der Waals surface area contributed by atoms with Gasteiger partial charge in [-0.15, -0.1) is 11.3 Å². The second kappa shape index (κ2) is 7.38. The van der Waals surface area contributed by atoms with Gasteiger partial charge in [0.25, 0.3) is 5.91 Å². The summed E-state index contributed by atoms with van der Waals surface area (Å²) in [7, 11) is 0. The third kappa shape index (κ3) is 3.64. The molecule has 0 aromatic carbocycles. The molecule has 1 aliphatic carbocycles. The highest BCUT2D eigenvalue weighted by Crippen LogP contribution is 2.38. The van der Waals surface area contributed by atoms with Crippen LogP contribution in [-0.4, -0.2) is 31.5 Å². The molecule has 2 N–H and O–H groups in total. The van der Waals surface area contributed by atoms with E-state index in [4.69, 9.17) is 0 Å². The molecule has 1 aromatic rings. The molecule has 0 saturated carbocycles. The highest BCUT2D eigenvalue weighted by molar-refractivity contribution is 7.17. The molecule has 1 amide bonds. The van der Waals surface area contributed by atoms with Gasteiger partial charge < -0.3 is 20.1 Å². The predicted molar refractivity (Wildman–Crippen MR) is 85.3 cm³/mol. The molecule has 0 saturated heterocycles. The highest BCUT2D eigenvalue weighted by Gasteiger charge is 2.24. The van der Waals surface area contributed by atoms with Gasteiger partial charge in [-0.2, -0.15) is 0 Å². The van der Waals surface area contributed by atoms with Crippen molar-refractivity contribution in [3.63, 3.8) is 0 Å². The van der Waals surface area contributed by atoms with E-state index in [0.717, 1.165) is 34.6 Å². The van der Waals surface area contributed by atoms with E-state index in [2.05, 4.69) is 18.5 Å². The van der Waals surface area contributed by atoms with Crippen molar-refractivity contribution in [2.24, 2.45) is 0 Å². The first-order valence-electron chi connectivity index (χ1n) is 7.27. The van der Waals surface area contributed by atoms with E-state index in [9.17, 15) is 14.7 Å². The Morgan fingerprint density at radius 3 is 2.55 bits per heavy atom. The van der Waals surface area contributed by atoms with Crippen LogP contribution in [0.4, 0.5) is 5.00 Å². The molecule has 1 aromatic heterocycles. The van der Waals surface area contributed by atoms with Gasteiger partial charge in [-0.25, -0.2) is 0 Å². The Morgan fingerprint density at radius 2 is 1.95 bits per heavy atom. The first-order valence-corrected chi connectivity index (χ1v) is 8.09. The first kappa shape index (κ1) is 16.5. The van der Waals surface area contributed by atoms with Crippen LogP contribution in [0.25, 0.3) is 0 Å². The Bertz CT molecular complexity index is 597. The number of anilines is 1. The second-order valence-electron chi connectivity index (χ2n) is 5.31. The molecule has 0 radical (unpaired) electrons. The molecule has 0 atom stereocenters. The average molecular weight is 320 g/mol. The zero-order valence-electron chi connectivity index (χ0n) is 12.4. The molecule has 6 heteroatoms. The molecule has 0 bridgehead atoms. The van der Waals surface area contributed by atoms with Crippen LogP contribution in [0.5, 0.6) is 0 Å². The van der Waals surface area contributed by atoms with Gasteiger partial charge in [-0.3, -0.25) is 4.79 Å². The SMILES string of the molecule is C=CC[NH+](CC=C)CC(=O)Nc1sc2c(c1C(=O)[O-])CCC2. The average Bonchev–Trinajstić information content (AvgIpc) is 2.98. The number of fused-ring (bicyclic) bond motifs is 1. The minimum absolute atomic E-state index is 0.167. The van der Waals surface area contributed by atoms with Gasteiger partial charge in [-0.1, -0.05) is 13.2 Å². The zero-order chi connectivity index (χ0) is 16.1. The van der Waals surface area contributed by atoms with Crippen molar-refractivity contribution in [1.29, 1.82) is 0 Å². The maximum absolute atomic E-state index is 12.2. The number of carbonyl (C=O) groups is 2. The van der Waals surface area contributed by atoms with Crippen LogP contribution in [-0.2, 0) is 17.6 Å². The molecule has 118 valence electrons. The number of carboxylic acid groups (broad SMARTS) is 1. The quantitative estimate of drug-likeness (QED) is 0.651. The van der Waals surface area contributed by atoms with Gasteiger partial charge in [0.1, 0.15) is 5.00 Å². The van der Waals surface area contributed by atoms with E-state index in [0.29, 0.717) is 18.1 Å². The van der Waals surface area contributed by atoms with Crippen LogP contribution in [0.3, 0.4) is 0 Å². The fourth-order valence-electron chi connectivity index (χ4n) is 2.74. The molecule has 0 aliphatic heterocycles. The summed E-state index contributed by atoms with van der Waals surface area (Å²) in [4.78, 5) is 25.6. The Hall–Kier alpha value is -1.92. The van der Waals surface area contributed by atoms with Gasteiger partial charge in [0.15, 0.2) is 6.54 Å². The third-order valence-corrected chi connectivity index (χ3v) is 4.86. The number of carboxylic acids is 1. The lowest BCUT2D eigenvalue weighted by Gasteiger charge is -2.15. The molecular formula is C16H20N2O3S. The van der Waals surface area contributed by atoms with Crippen molar-refractivity contribution in [2.45, 2.75) is 19.3 Å². The normalized spacial score (nSPS) is 13.0. The molecule has 1 heterocycles. The largest absolute Gasteiger partial charge is 0.545 e. The molecule has 5 nitrogen and oxygen atoms in total. The van der Waals surface area contributed by atoms with Crippen molar-refractivity contribution in [3.8, 4) is 0 Å². The highest BCUT2D eigenvalue weighted by atomic mass is 32.1. The summed E-state index contributed by atoms with van der Waals surface area (Å²) in [5, 5.41) is 14.5. The fraction of sp³-hybridized carbons (Fsp3) is 0.375. The number of rotatable bonds is 8. The summed E-state index contributed by atoms with van der Waals surface area (Å²) in [5.41, 5.74) is 1.00. The van der Waals surface area contributed by atoms with Crippen LogP contribution in [0.2, 0.25) is 0 Å². The number of aromatic carboxylic acids is 1. The Morgan fingerprint density at radius 1 is 1.27 bits per heavy atom. The lowest BCUT2D eigenvalue weighted by Crippen LogP contribution is -3.12. The van der Waals surface area contributed by atoms with Crippen LogP contribution >= 0.6 is 11.3 Å². The minimum Gasteiger partial charge on any atom is -0.545 e. The third-order valence-electron chi connectivity index (χ3n) is 3.65. The molecule has 2 rings (SSSR count). The van der Waals surface area contributed by atoms with E-state index in [1.807, 2.05) is 0 Å². The van der Waals surface area contributed by atoms with Gasteiger partial charge in [-0.05, 0) is 37.0 Å². The molecule has 0 unspecified atom stereocenters.